The Morgan fingerprint density at radius 2 is 1.80 bits per heavy atom. The maximum atomic E-state index is 5.13. The van der Waals surface area contributed by atoms with Crippen molar-refractivity contribution in [3.63, 3.8) is 0 Å². The first-order chi connectivity index (χ1) is 9.74. The highest BCUT2D eigenvalue weighted by molar-refractivity contribution is 8.00. The standard InChI is InChI=1S/C14H13N3OS2/c1-18-10-4-2-9(3-5-10)17-20-11-6-7-12-13(8-11)16-14(19)15-12/h2-8,17H,1H3,(H2,15,16,19). The van der Waals surface area contributed by atoms with Crippen LogP contribution in [0.1, 0.15) is 0 Å². The lowest BCUT2D eigenvalue weighted by Gasteiger charge is -2.06. The van der Waals surface area contributed by atoms with Crippen LogP contribution < -0.4 is 9.46 Å². The van der Waals surface area contributed by atoms with Crippen LogP contribution in [0.4, 0.5) is 5.69 Å². The zero-order chi connectivity index (χ0) is 13.9. The van der Waals surface area contributed by atoms with Crippen molar-refractivity contribution in [1.82, 2.24) is 9.97 Å². The number of imidazole rings is 1. The van der Waals surface area contributed by atoms with Gasteiger partial charge >= 0.3 is 0 Å². The molecular weight excluding hydrogens is 290 g/mol. The summed E-state index contributed by atoms with van der Waals surface area (Å²) in [5.41, 5.74) is 3.05. The van der Waals surface area contributed by atoms with Crippen molar-refractivity contribution in [2.24, 2.45) is 0 Å². The maximum Gasteiger partial charge on any atom is 0.175 e. The smallest absolute Gasteiger partial charge is 0.175 e. The summed E-state index contributed by atoms with van der Waals surface area (Å²) in [4.78, 5) is 7.31. The number of aromatic amines is 2. The second-order valence-electron chi connectivity index (χ2n) is 4.22. The van der Waals surface area contributed by atoms with Crippen LogP contribution in [0.25, 0.3) is 11.0 Å². The van der Waals surface area contributed by atoms with Gasteiger partial charge in [0.2, 0.25) is 0 Å². The molecule has 1 heterocycles. The number of anilines is 1. The summed E-state index contributed by atoms with van der Waals surface area (Å²) in [6.07, 6.45) is 0. The zero-order valence-electron chi connectivity index (χ0n) is 10.8. The molecule has 2 aromatic carbocycles. The Kier molecular flexibility index (Phi) is 3.66. The van der Waals surface area contributed by atoms with Crippen molar-refractivity contribution >= 4 is 40.9 Å². The average Bonchev–Trinajstić information content (AvgIpc) is 2.85. The van der Waals surface area contributed by atoms with Crippen molar-refractivity contribution in [3.05, 3.63) is 47.2 Å². The summed E-state index contributed by atoms with van der Waals surface area (Å²) < 4.78 is 9.07. The van der Waals surface area contributed by atoms with Crippen molar-refractivity contribution in [2.45, 2.75) is 4.90 Å². The van der Waals surface area contributed by atoms with Crippen LogP contribution >= 0.6 is 24.2 Å². The molecule has 0 saturated carbocycles. The van der Waals surface area contributed by atoms with Gasteiger partial charge in [-0.15, -0.1) is 0 Å². The second kappa shape index (κ2) is 5.60. The number of ether oxygens (including phenoxy) is 1. The highest BCUT2D eigenvalue weighted by atomic mass is 32.2. The van der Waals surface area contributed by atoms with Gasteiger partial charge in [-0.3, -0.25) is 0 Å². The van der Waals surface area contributed by atoms with E-state index in [2.05, 4.69) is 20.8 Å². The molecule has 0 fully saturated rings. The van der Waals surface area contributed by atoms with Gasteiger partial charge in [-0.1, -0.05) is 0 Å². The molecule has 0 aliphatic heterocycles. The summed E-state index contributed by atoms with van der Waals surface area (Å²) in [6.45, 7) is 0. The van der Waals surface area contributed by atoms with Gasteiger partial charge < -0.3 is 19.4 Å². The van der Waals surface area contributed by atoms with Crippen molar-refractivity contribution in [1.29, 1.82) is 0 Å². The Bertz CT molecular complexity index is 777. The molecule has 102 valence electrons. The molecule has 0 unspecified atom stereocenters. The van der Waals surface area contributed by atoms with E-state index in [4.69, 9.17) is 17.0 Å². The number of methoxy groups -OCH3 is 1. The summed E-state index contributed by atoms with van der Waals surface area (Å²) >= 11 is 6.63. The normalized spacial score (nSPS) is 10.7. The van der Waals surface area contributed by atoms with Crippen LogP contribution in [0.2, 0.25) is 0 Å². The maximum absolute atomic E-state index is 5.13. The molecule has 1 aromatic heterocycles. The highest BCUT2D eigenvalue weighted by Crippen LogP contribution is 2.25. The molecule has 6 heteroatoms. The number of H-pyrrole nitrogens is 2. The van der Waals surface area contributed by atoms with Crippen LogP contribution in [0.3, 0.4) is 0 Å². The van der Waals surface area contributed by atoms with E-state index in [9.17, 15) is 0 Å². The molecule has 0 bridgehead atoms. The van der Waals surface area contributed by atoms with Crippen LogP contribution in [0, 0.1) is 4.77 Å². The molecule has 0 radical (unpaired) electrons. The van der Waals surface area contributed by atoms with E-state index in [0.717, 1.165) is 27.4 Å². The van der Waals surface area contributed by atoms with Crippen molar-refractivity contribution in [3.8, 4) is 5.75 Å². The molecule has 20 heavy (non-hydrogen) atoms. The van der Waals surface area contributed by atoms with Gasteiger partial charge in [0.05, 0.1) is 18.1 Å². The predicted octanol–water partition coefficient (Wildman–Crippen LogP) is 4.35. The quantitative estimate of drug-likeness (QED) is 0.495. The molecule has 4 nitrogen and oxygen atoms in total. The minimum atomic E-state index is 0.644. The fraction of sp³-hybridized carbons (Fsp3) is 0.0714. The van der Waals surface area contributed by atoms with Crippen LogP contribution in [-0.2, 0) is 0 Å². The lowest BCUT2D eigenvalue weighted by molar-refractivity contribution is 0.415. The van der Waals surface area contributed by atoms with E-state index in [0.29, 0.717) is 4.77 Å². The topological polar surface area (TPSA) is 52.8 Å². The Balaban J connectivity index is 1.73. The van der Waals surface area contributed by atoms with Crippen LogP contribution in [-0.4, -0.2) is 17.1 Å². The SMILES string of the molecule is COc1ccc(NSc2ccc3[nH]c(=S)[nH]c3c2)cc1. The van der Waals surface area contributed by atoms with Crippen LogP contribution in [0.15, 0.2) is 47.4 Å². The Hall–Kier alpha value is -1.92. The van der Waals surface area contributed by atoms with E-state index in [1.807, 2.05) is 36.4 Å². The first-order valence-electron chi connectivity index (χ1n) is 6.03. The summed E-state index contributed by atoms with van der Waals surface area (Å²) in [7, 11) is 1.66. The van der Waals surface area contributed by atoms with Crippen molar-refractivity contribution < 1.29 is 4.74 Å². The monoisotopic (exact) mass is 303 g/mol. The number of nitrogens with one attached hydrogen (secondary N) is 3. The zero-order valence-corrected chi connectivity index (χ0v) is 12.4. The number of hydrogen-bond acceptors (Lipinski definition) is 4. The number of fused-ring (bicyclic) bond motifs is 1. The van der Waals surface area contributed by atoms with Gasteiger partial charge in [-0.25, -0.2) is 0 Å². The van der Waals surface area contributed by atoms with E-state index >= 15 is 0 Å². The molecule has 0 aliphatic carbocycles. The van der Waals surface area contributed by atoms with E-state index < -0.39 is 0 Å². The van der Waals surface area contributed by atoms with Gasteiger partial charge in [-0.2, -0.15) is 0 Å². The molecule has 3 rings (SSSR count). The minimum Gasteiger partial charge on any atom is -0.497 e. The number of benzene rings is 2. The number of aromatic nitrogens is 2. The molecule has 3 N–H and O–H groups in total. The first kappa shape index (κ1) is 13.1. The van der Waals surface area contributed by atoms with Gasteiger partial charge in [-0.05, 0) is 66.6 Å². The molecule has 3 aromatic rings. The summed E-state index contributed by atoms with van der Waals surface area (Å²) in [6, 6.07) is 13.9. The lowest BCUT2D eigenvalue weighted by atomic mass is 10.3. The van der Waals surface area contributed by atoms with Crippen LogP contribution in [0.5, 0.6) is 5.75 Å². The third kappa shape index (κ3) is 2.81. The van der Waals surface area contributed by atoms with Gasteiger partial charge in [0.15, 0.2) is 4.77 Å². The Morgan fingerprint density at radius 3 is 2.55 bits per heavy atom. The van der Waals surface area contributed by atoms with E-state index in [1.165, 1.54) is 0 Å². The van der Waals surface area contributed by atoms with Gasteiger partial charge in [0.25, 0.3) is 0 Å². The fourth-order valence-electron chi connectivity index (χ4n) is 1.85. The summed E-state index contributed by atoms with van der Waals surface area (Å²) in [5, 5.41) is 0. The lowest BCUT2D eigenvalue weighted by Crippen LogP contribution is -1.87. The molecule has 0 aliphatic rings. The Labute approximate surface area is 125 Å². The molecular formula is C14H13N3OS2. The second-order valence-corrected chi connectivity index (χ2v) is 5.51. The molecule has 0 spiro atoms. The Morgan fingerprint density at radius 1 is 1.05 bits per heavy atom. The minimum absolute atomic E-state index is 0.644. The number of rotatable bonds is 4. The highest BCUT2D eigenvalue weighted by Gasteiger charge is 2.00. The van der Waals surface area contributed by atoms with E-state index in [-0.39, 0.29) is 0 Å². The largest absolute Gasteiger partial charge is 0.497 e. The first-order valence-corrected chi connectivity index (χ1v) is 7.26. The van der Waals surface area contributed by atoms with E-state index in [1.54, 1.807) is 19.1 Å². The summed E-state index contributed by atoms with van der Waals surface area (Å²) in [5.74, 6) is 0.849. The van der Waals surface area contributed by atoms with Crippen molar-refractivity contribution in [2.75, 3.05) is 11.8 Å². The third-order valence-electron chi connectivity index (χ3n) is 2.86. The molecule has 0 atom stereocenters. The average molecular weight is 303 g/mol. The molecule has 0 amide bonds. The third-order valence-corrected chi connectivity index (χ3v) is 3.90. The van der Waals surface area contributed by atoms with Gasteiger partial charge in [0.1, 0.15) is 5.75 Å². The fourth-order valence-corrected chi connectivity index (χ4v) is 2.76. The van der Waals surface area contributed by atoms with Gasteiger partial charge in [0, 0.05) is 10.6 Å². The molecule has 0 saturated heterocycles. The predicted molar refractivity (Wildman–Crippen MR) is 86.0 cm³/mol. The number of hydrogen-bond donors (Lipinski definition) is 3.